The molecule has 0 saturated heterocycles. The van der Waals surface area contributed by atoms with E-state index in [0.717, 1.165) is 8.04 Å². The van der Waals surface area contributed by atoms with Crippen LogP contribution in [-0.4, -0.2) is 11.1 Å². The van der Waals surface area contributed by atoms with E-state index in [-0.39, 0.29) is 5.91 Å². The third-order valence-electron chi connectivity index (χ3n) is 2.09. The molecule has 0 fully saturated rings. The Balaban J connectivity index is 2.07. The Kier molecular flexibility index (Phi) is 4.16. The Morgan fingerprint density at radius 1 is 1.47 bits per heavy atom. The molecular weight excluding hydrogens is 399 g/mol. The second kappa shape index (κ2) is 5.63. The van der Waals surface area contributed by atoms with Gasteiger partial charge in [-0.1, -0.05) is 21.1 Å². The van der Waals surface area contributed by atoms with Crippen molar-refractivity contribution < 1.29 is 9.32 Å². The summed E-state index contributed by atoms with van der Waals surface area (Å²) >= 11 is 5.47. The molecule has 0 radical (unpaired) electrons. The molecule has 0 atom stereocenters. The zero-order valence-electron chi connectivity index (χ0n) is 8.61. The molecule has 2 rings (SSSR count). The smallest absolute Gasteiger partial charge is 0.252 e. The van der Waals surface area contributed by atoms with Crippen molar-refractivity contribution in [1.82, 2.24) is 10.5 Å². The summed E-state index contributed by atoms with van der Waals surface area (Å²) in [6, 6.07) is 7.28. The van der Waals surface area contributed by atoms with Crippen LogP contribution in [0, 0.1) is 3.57 Å². The summed E-state index contributed by atoms with van der Waals surface area (Å²) < 4.78 is 6.68. The van der Waals surface area contributed by atoms with Crippen molar-refractivity contribution in [3.63, 3.8) is 0 Å². The lowest BCUT2D eigenvalue weighted by Crippen LogP contribution is -2.23. The van der Waals surface area contributed by atoms with E-state index in [1.165, 1.54) is 0 Å². The van der Waals surface area contributed by atoms with E-state index < -0.39 is 0 Å². The highest BCUT2D eigenvalue weighted by atomic mass is 127. The lowest BCUT2D eigenvalue weighted by molar-refractivity contribution is 0.0946. The van der Waals surface area contributed by atoms with Crippen molar-refractivity contribution >= 4 is 44.4 Å². The fourth-order valence-electron chi connectivity index (χ4n) is 1.27. The molecule has 1 amide bonds. The molecule has 0 spiro atoms. The van der Waals surface area contributed by atoms with E-state index in [2.05, 4.69) is 49.0 Å². The third kappa shape index (κ3) is 3.29. The minimum absolute atomic E-state index is 0.132. The van der Waals surface area contributed by atoms with Crippen molar-refractivity contribution in [1.29, 1.82) is 0 Å². The average Bonchev–Trinajstić information content (AvgIpc) is 2.82. The number of benzene rings is 1. The zero-order valence-corrected chi connectivity index (χ0v) is 12.4. The molecule has 0 aliphatic carbocycles. The molecule has 2 aromatic rings. The van der Waals surface area contributed by atoms with Gasteiger partial charge in [0.05, 0.1) is 18.3 Å². The fourth-order valence-corrected chi connectivity index (χ4v) is 2.21. The fraction of sp³-hybridized carbons (Fsp3) is 0.0909. The number of nitrogens with one attached hydrogen (secondary N) is 1. The highest BCUT2D eigenvalue weighted by Gasteiger charge is 2.10. The number of carbonyl (C=O) groups excluding carboxylic acids is 1. The second-order valence-corrected chi connectivity index (χ2v) is 5.36. The van der Waals surface area contributed by atoms with Crippen LogP contribution in [0.1, 0.15) is 16.1 Å². The molecule has 1 N–H and O–H groups in total. The Hall–Kier alpha value is -0.890. The number of rotatable bonds is 3. The van der Waals surface area contributed by atoms with Crippen molar-refractivity contribution in [3.05, 3.63) is 49.8 Å². The van der Waals surface area contributed by atoms with Crippen LogP contribution in [0.15, 0.2) is 39.5 Å². The molecule has 6 heteroatoms. The standard InChI is InChI=1S/C11H8BrIN2O2/c12-7-1-2-10(13)9(5-7)11(16)14-6-8-3-4-15-17-8/h1-5H,6H2,(H,14,16). The van der Waals surface area contributed by atoms with Gasteiger partial charge in [-0.15, -0.1) is 0 Å². The van der Waals surface area contributed by atoms with Gasteiger partial charge in [0, 0.05) is 14.1 Å². The Bertz CT molecular complexity index is 528. The van der Waals surface area contributed by atoms with Crippen LogP contribution >= 0.6 is 38.5 Å². The predicted molar refractivity (Wildman–Crippen MR) is 74.5 cm³/mol. The van der Waals surface area contributed by atoms with E-state index in [1.807, 2.05) is 12.1 Å². The molecule has 0 aliphatic rings. The van der Waals surface area contributed by atoms with Crippen LogP contribution in [0.3, 0.4) is 0 Å². The Morgan fingerprint density at radius 2 is 2.29 bits per heavy atom. The average molecular weight is 407 g/mol. The monoisotopic (exact) mass is 406 g/mol. The minimum Gasteiger partial charge on any atom is -0.360 e. The van der Waals surface area contributed by atoms with Crippen molar-refractivity contribution in [2.75, 3.05) is 0 Å². The summed E-state index contributed by atoms with van der Waals surface area (Å²) in [5.41, 5.74) is 0.638. The molecule has 1 aromatic carbocycles. The third-order valence-corrected chi connectivity index (χ3v) is 3.52. The highest BCUT2D eigenvalue weighted by molar-refractivity contribution is 14.1. The van der Waals surface area contributed by atoms with Gasteiger partial charge in [-0.3, -0.25) is 4.79 Å². The van der Waals surface area contributed by atoms with Crippen LogP contribution < -0.4 is 5.32 Å². The number of nitrogens with zero attached hydrogens (tertiary/aromatic N) is 1. The van der Waals surface area contributed by atoms with Crippen LogP contribution in [-0.2, 0) is 6.54 Å². The molecular formula is C11H8BrIN2O2. The van der Waals surface area contributed by atoms with Crippen molar-refractivity contribution in [2.45, 2.75) is 6.54 Å². The normalized spacial score (nSPS) is 10.2. The maximum atomic E-state index is 11.9. The molecule has 0 saturated carbocycles. The zero-order chi connectivity index (χ0) is 12.3. The van der Waals surface area contributed by atoms with E-state index in [0.29, 0.717) is 17.9 Å². The van der Waals surface area contributed by atoms with Crippen LogP contribution in [0.4, 0.5) is 0 Å². The number of amides is 1. The van der Waals surface area contributed by atoms with Gasteiger partial charge in [-0.25, -0.2) is 0 Å². The summed E-state index contributed by atoms with van der Waals surface area (Å²) in [5, 5.41) is 6.34. The largest absolute Gasteiger partial charge is 0.360 e. The summed E-state index contributed by atoms with van der Waals surface area (Å²) in [4.78, 5) is 11.9. The Morgan fingerprint density at radius 3 is 3.00 bits per heavy atom. The van der Waals surface area contributed by atoms with E-state index in [4.69, 9.17) is 4.52 Å². The van der Waals surface area contributed by atoms with E-state index in [9.17, 15) is 4.79 Å². The summed E-state index contributed by atoms with van der Waals surface area (Å²) in [6.45, 7) is 0.335. The van der Waals surface area contributed by atoms with Gasteiger partial charge in [0.1, 0.15) is 0 Å². The molecule has 0 unspecified atom stereocenters. The maximum Gasteiger partial charge on any atom is 0.252 e. The summed E-state index contributed by atoms with van der Waals surface area (Å²) in [5.74, 6) is 0.496. The first-order valence-electron chi connectivity index (χ1n) is 4.79. The Labute approximate surface area is 120 Å². The lowest BCUT2D eigenvalue weighted by atomic mass is 10.2. The number of aromatic nitrogens is 1. The molecule has 17 heavy (non-hydrogen) atoms. The number of halogens is 2. The molecule has 1 heterocycles. The topological polar surface area (TPSA) is 55.1 Å². The van der Waals surface area contributed by atoms with Crippen LogP contribution in [0.5, 0.6) is 0 Å². The number of carbonyl (C=O) groups is 1. The van der Waals surface area contributed by atoms with Crippen LogP contribution in [0.2, 0.25) is 0 Å². The first-order chi connectivity index (χ1) is 8.16. The highest BCUT2D eigenvalue weighted by Crippen LogP contribution is 2.18. The first-order valence-corrected chi connectivity index (χ1v) is 6.67. The molecule has 4 nitrogen and oxygen atoms in total. The van der Waals surface area contributed by atoms with Gasteiger partial charge in [0.2, 0.25) is 0 Å². The second-order valence-electron chi connectivity index (χ2n) is 3.29. The van der Waals surface area contributed by atoms with Crippen LogP contribution in [0.25, 0.3) is 0 Å². The van der Waals surface area contributed by atoms with E-state index >= 15 is 0 Å². The van der Waals surface area contributed by atoms with Gasteiger partial charge < -0.3 is 9.84 Å². The SMILES string of the molecule is O=C(NCc1ccno1)c1cc(Br)ccc1I. The number of hydrogen-bond donors (Lipinski definition) is 1. The minimum atomic E-state index is -0.132. The van der Waals surface area contributed by atoms with Crippen molar-refractivity contribution in [3.8, 4) is 0 Å². The van der Waals surface area contributed by atoms with Gasteiger partial charge in [-0.05, 0) is 40.8 Å². The molecule has 88 valence electrons. The predicted octanol–water partition coefficient (Wildman–Crippen LogP) is 2.97. The molecule has 0 aliphatic heterocycles. The van der Waals surface area contributed by atoms with E-state index in [1.54, 1.807) is 18.3 Å². The van der Waals surface area contributed by atoms with Gasteiger partial charge in [-0.2, -0.15) is 0 Å². The first kappa shape index (κ1) is 12.6. The maximum absolute atomic E-state index is 11.9. The quantitative estimate of drug-likeness (QED) is 0.797. The molecule has 0 bridgehead atoms. The molecule has 1 aromatic heterocycles. The number of hydrogen-bond acceptors (Lipinski definition) is 3. The lowest BCUT2D eigenvalue weighted by Gasteiger charge is -2.05. The van der Waals surface area contributed by atoms with Gasteiger partial charge >= 0.3 is 0 Å². The van der Waals surface area contributed by atoms with Gasteiger partial charge in [0.25, 0.3) is 5.91 Å². The summed E-state index contributed by atoms with van der Waals surface area (Å²) in [6.07, 6.45) is 1.55. The van der Waals surface area contributed by atoms with Crippen molar-refractivity contribution in [2.24, 2.45) is 0 Å². The van der Waals surface area contributed by atoms with Gasteiger partial charge in [0.15, 0.2) is 5.76 Å². The summed E-state index contributed by atoms with van der Waals surface area (Å²) in [7, 11) is 0.